The summed E-state index contributed by atoms with van der Waals surface area (Å²) in [5.41, 5.74) is 0. The van der Waals surface area contributed by atoms with Crippen molar-refractivity contribution in [2.24, 2.45) is 0 Å². The molecule has 1 atom stereocenters. The number of ether oxygens (including phenoxy) is 1. The number of likely N-dealkylation sites (tertiary alicyclic amines) is 1. The average molecular weight is 265 g/mol. The van der Waals surface area contributed by atoms with Crippen LogP contribution in [0.1, 0.15) is 22.9 Å². The Bertz CT molecular complexity index is 455. The van der Waals surface area contributed by atoms with Crippen LogP contribution in [-0.4, -0.2) is 76.3 Å². The smallest absolute Gasteiger partial charge is 0.293 e. The van der Waals surface area contributed by atoms with Crippen molar-refractivity contribution < 1.29 is 9.53 Å². The molecule has 0 radical (unpaired) electrons. The third kappa shape index (κ3) is 2.62. The molecule has 1 unspecified atom stereocenters. The summed E-state index contributed by atoms with van der Waals surface area (Å²) >= 11 is 0. The van der Waals surface area contributed by atoms with E-state index in [1.54, 1.807) is 6.92 Å². The van der Waals surface area contributed by atoms with Gasteiger partial charge in [0.25, 0.3) is 5.91 Å². The molecular weight excluding hydrogens is 246 g/mol. The molecule has 2 aliphatic rings. The normalized spacial score (nSPS) is 24.9. The van der Waals surface area contributed by atoms with Crippen LogP contribution < -0.4 is 0 Å². The highest BCUT2D eigenvalue weighted by Gasteiger charge is 2.32. The molecule has 3 heterocycles. The number of H-pyrrole nitrogens is 1. The Kier molecular flexibility index (Phi) is 3.48. The lowest BCUT2D eigenvalue weighted by Crippen LogP contribution is -2.45. The minimum atomic E-state index is -0.0693. The number of amides is 1. The zero-order chi connectivity index (χ0) is 13.2. The van der Waals surface area contributed by atoms with Gasteiger partial charge in [0.05, 0.1) is 13.2 Å². The van der Waals surface area contributed by atoms with Gasteiger partial charge in [0.2, 0.25) is 5.82 Å². The number of hydrogen-bond acceptors (Lipinski definition) is 5. The first kappa shape index (κ1) is 12.6. The van der Waals surface area contributed by atoms with Crippen LogP contribution in [-0.2, 0) is 4.74 Å². The molecule has 0 aromatic carbocycles. The van der Waals surface area contributed by atoms with Gasteiger partial charge in [-0.05, 0) is 13.3 Å². The highest BCUT2D eigenvalue weighted by Crippen LogP contribution is 2.18. The lowest BCUT2D eigenvalue weighted by molar-refractivity contribution is 0.0184. The fourth-order valence-electron chi connectivity index (χ4n) is 2.75. The number of aryl methyl sites for hydroxylation is 1. The van der Waals surface area contributed by atoms with E-state index in [-0.39, 0.29) is 11.7 Å². The molecule has 7 nitrogen and oxygen atoms in total. The summed E-state index contributed by atoms with van der Waals surface area (Å²) < 4.78 is 5.36. The number of aromatic amines is 1. The second-order valence-electron chi connectivity index (χ2n) is 5.09. The van der Waals surface area contributed by atoms with E-state index in [0.29, 0.717) is 11.9 Å². The Morgan fingerprint density at radius 1 is 1.37 bits per heavy atom. The fraction of sp³-hybridized carbons (Fsp3) is 0.750. The Labute approximate surface area is 111 Å². The first-order valence-corrected chi connectivity index (χ1v) is 6.74. The highest BCUT2D eigenvalue weighted by molar-refractivity contribution is 5.90. The molecule has 2 aliphatic heterocycles. The van der Waals surface area contributed by atoms with Crippen molar-refractivity contribution in [2.45, 2.75) is 19.4 Å². The molecule has 0 aliphatic carbocycles. The van der Waals surface area contributed by atoms with E-state index < -0.39 is 0 Å². The van der Waals surface area contributed by atoms with Crippen LogP contribution in [0.5, 0.6) is 0 Å². The molecule has 7 heteroatoms. The van der Waals surface area contributed by atoms with Gasteiger partial charge in [0.1, 0.15) is 5.82 Å². The minimum absolute atomic E-state index is 0.0693. The van der Waals surface area contributed by atoms with Gasteiger partial charge < -0.3 is 9.64 Å². The fourth-order valence-corrected chi connectivity index (χ4v) is 2.75. The van der Waals surface area contributed by atoms with Crippen molar-refractivity contribution >= 4 is 5.91 Å². The predicted molar refractivity (Wildman–Crippen MR) is 67.8 cm³/mol. The summed E-state index contributed by atoms with van der Waals surface area (Å²) in [6.07, 6.45) is 1.02. The van der Waals surface area contributed by atoms with Gasteiger partial charge in [0, 0.05) is 32.2 Å². The van der Waals surface area contributed by atoms with Crippen LogP contribution in [0.4, 0.5) is 0 Å². The molecule has 19 heavy (non-hydrogen) atoms. The number of rotatable bonds is 2. The Morgan fingerprint density at radius 3 is 2.84 bits per heavy atom. The summed E-state index contributed by atoms with van der Waals surface area (Å²) in [5, 5.41) is 6.65. The number of nitrogens with one attached hydrogen (secondary N) is 1. The van der Waals surface area contributed by atoms with E-state index in [2.05, 4.69) is 20.1 Å². The first-order valence-electron chi connectivity index (χ1n) is 6.74. The van der Waals surface area contributed by atoms with Crippen LogP contribution in [0.2, 0.25) is 0 Å². The van der Waals surface area contributed by atoms with E-state index in [9.17, 15) is 4.79 Å². The van der Waals surface area contributed by atoms with E-state index in [1.807, 2.05) is 4.90 Å². The third-order valence-corrected chi connectivity index (χ3v) is 3.80. The number of morpholine rings is 1. The summed E-state index contributed by atoms with van der Waals surface area (Å²) in [5.74, 6) is 0.882. The molecule has 104 valence electrons. The molecule has 2 fully saturated rings. The second kappa shape index (κ2) is 5.26. The van der Waals surface area contributed by atoms with Crippen molar-refractivity contribution in [1.29, 1.82) is 0 Å². The maximum Gasteiger partial charge on any atom is 0.293 e. The van der Waals surface area contributed by atoms with Crippen molar-refractivity contribution in [3.8, 4) is 0 Å². The standard InChI is InChI=1S/C12H19N5O2/c1-9-13-11(15-14-9)12(18)17-3-2-10(8-17)16-4-6-19-7-5-16/h10H,2-8H2,1H3,(H,13,14,15). The maximum absolute atomic E-state index is 12.2. The number of nitrogens with zero attached hydrogens (tertiary/aromatic N) is 4. The first-order chi connectivity index (χ1) is 9.24. The van der Waals surface area contributed by atoms with E-state index in [0.717, 1.165) is 45.8 Å². The van der Waals surface area contributed by atoms with Crippen LogP contribution >= 0.6 is 0 Å². The Morgan fingerprint density at radius 2 is 2.16 bits per heavy atom. The number of hydrogen-bond donors (Lipinski definition) is 1. The summed E-state index contributed by atoms with van der Waals surface area (Å²) in [6.45, 7) is 6.87. The van der Waals surface area contributed by atoms with Gasteiger partial charge in [-0.1, -0.05) is 0 Å². The van der Waals surface area contributed by atoms with Gasteiger partial charge in [0.15, 0.2) is 0 Å². The average Bonchev–Trinajstić information content (AvgIpc) is 3.08. The zero-order valence-electron chi connectivity index (χ0n) is 11.1. The number of carbonyl (C=O) groups is 1. The van der Waals surface area contributed by atoms with Crippen LogP contribution in [0.25, 0.3) is 0 Å². The summed E-state index contributed by atoms with van der Waals surface area (Å²) in [6, 6.07) is 0.452. The summed E-state index contributed by atoms with van der Waals surface area (Å²) in [4.78, 5) is 20.6. The number of aromatic nitrogens is 3. The molecule has 0 spiro atoms. The molecule has 1 N–H and O–H groups in total. The van der Waals surface area contributed by atoms with Crippen molar-refractivity contribution in [3.63, 3.8) is 0 Å². The van der Waals surface area contributed by atoms with Crippen molar-refractivity contribution in [1.82, 2.24) is 25.0 Å². The lowest BCUT2D eigenvalue weighted by atomic mass is 10.2. The van der Waals surface area contributed by atoms with Gasteiger partial charge in [-0.2, -0.15) is 0 Å². The zero-order valence-corrected chi connectivity index (χ0v) is 11.1. The summed E-state index contributed by atoms with van der Waals surface area (Å²) in [7, 11) is 0. The maximum atomic E-state index is 12.2. The molecule has 1 aromatic heterocycles. The Hall–Kier alpha value is -1.47. The highest BCUT2D eigenvalue weighted by atomic mass is 16.5. The molecule has 1 aromatic rings. The van der Waals surface area contributed by atoms with Gasteiger partial charge in [-0.3, -0.25) is 14.8 Å². The van der Waals surface area contributed by atoms with Gasteiger partial charge >= 0.3 is 0 Å². The lowest BCUT2D eigenvalue weighted by Gasteiger charge is -2.31. The third-order valence-electron chi connectivity index (χ3n) is 3.80. The quantitative estimate of drug-likeness (QED) is 0.792. The SMILES string of the molecule is Cc1nc(C(=O)N2CCC(N3CCOCC3)C2)n[nH]1. The predicted octanol–water partition coefficient (Wildman–Crippen LogP) is -0.340. The second-order valence-corrected chi connectivity index (χ2v) is 5.09. The van der Waals surface area contributed by atoms with Crippen molar-refractivity contribution in [2.75, 3.05) is 39.4 Å². The van der Waals surface area contributed by atoms with E-state index in [1.165, 1.54) is 0 Å². The molecular formula is C12H19N5O2. The largest absolute Gasteiger partial charge is 0.379 e. The number of carbonyl (C=O) groups excluding carboxylic acids is 1. The Balaban J connectivity index is 1.60. The van der Waals surface area contributed by atoms with Crippen LogP contribution in [0.3, 0.4) is 0 Å². The minimum Gasteiger partial charge on any atom is -0.379 e. The van der Waals surface area contributed by atoms with Crippen LogP contribution in [0.15, 0.2) is 0 Å². The van der Waals surface area contributed by atoms with Gasteiger partial charge in [-0.25, -0.2) is 4.98 Å². The van der Waals surface area contributed by atoms with Gasteiger partial charge in [-0.15, -0.1) is 5.10 Å². The molecule has 1 amide bonds. The molecule has 2 saturated heterocycles. The van der Waals surface area contributed by atoms with E-state index in [4.69, 9.17) is 4.74 Å². The monoisotopic (exact) mass is 265 g/mol. The van der Waals surface area contributed by atoms with E-state index >= 15 is 0 Å². The molecule has 3 rings (SSSR count). The van der Waals surface area contributed by atoms with Crippen molar-refractivity contribution in [3.05, 3.63) is 11.6 Å². The molecule has 0 saturated carbocycles. The van der Waals surface area contributed by atoms with Crippen LogP contribution in [0, 0.1) is 6.92 Å². The topological polar surface area (TPSA) is 74.3 Å². The molecule has 0 bridgehead atoms.